The molecule has 0 radical (unpaired) electrons. The molecule has 0 aliphatic rings. The number of aryl methyl sites for hydroxylation is 1. The molecule has 2 rings (SSSR count). The van der Waals surface area contributed by atoms with Crippen molar-refractivity contribution in [3.63, 3.8) is 0 Å². The normalized spacial score (nSPS) is 10.4. The Hall–Kier alpha value is -1.95. The number of alkyl halides is 1. The van der Waals surface area contributed by atoms with E-state index in [9.17, 15) is 0 Å². The van der Waals surface area contributed by atoms with Crippen LogP contribution in [-0.2, 0) is 6.42 Å². The van der Waals surface area contributed by atoms with Gasteiger partial charge in [-0.1, -0.05) is 5.10 Å². The van der Waals surface area contributed by atoms with E-state index in [0.29, 0.717) is 48.9 Å². The van der Waals surface area contributed by atoms with Crippen LogP contribution in [0.25, 0.3) is 0 Å². The molecule has 0 bridgehead atoms. The predicted octanol–water partition coefficient (Wildman–Crippen LogP) is 3.39. The molecule has 2 aromatic rings. The van der Waals surface area contributed by atoms with E-state index in [1.807, 2.05) is 32.0 Å². The van der Waals surface area contributed by atoms with Gasteiger partial charge in [-0.2, -0.15) is 0 Å². The van der Waals surface area contributed by atoms with Gasteiger partial charge in [0, 0.05) is 24.1 Å². The number of benzene rings is 1. The van der Waals surface area contributed by atoms with Crippen LogP contribution in [-0.4, -0.2) is 29.3 Å². The Kier molecular flexibility index (Phi) is 5.68. The summed E-state index contributed by atoms with van der Waals surface area (Å²) in [6.07, 6.45) is 0.545. The van der Waals surface area contributed by atoms with Gasteiger partial charge < -0.3 is 19.2 Å². The summed E-state index contributed by atoms with van der Waals surface area (Å²) >= 11 is 5.63. The number of hydrogen-bond donors (Lipinski definition) is 1. The highest BCUT2D eigenvalue weighted by atomic mass is 35.5. The molecule has 0 atom stereocenters. The molecule has 0 saturated heterocycles. The number of nitrogens with one attached hydrogen (secondary N) is 1. The molecule has 1 aromatic carbocycles. The third kappa shape index (κ3) is 4.26. The van der Waals surface area contributed by atoms with Gasteiger partial charge in [-0.25, -0.2) is 0 Å². The number of rotatable bonds is 8. The lowest BCUT2D eigenvalue weighted by molar-refractivity contribution is 0.288. The maximum atomic E-state index is 5.63. The van der Waals surface area contributed by atoms with Crippen molar-refractivity contribution in [1.82, 2.24) is 10.2 Å². The zero-order valence-corrected chi connectivity index (χ0v) is 12.8. The highest BCUT2D eigenvalue weighted by Crippen LogP contribution is 2.31. The molecule has 1 aromatic heterocycles. The van der Waals surface area contributed by atoms with Crippen LogP contribution in [0, 0.1) is 0 Å². The van der Waals surface area contributed by atoms with E-state index in [1.54, 1.807) is 0 Å². The van der Waals surface area contributed by atoms with Gasteiger partial charge in [-0.05, 0) is 26.0 Å². The fraction of sp³-hybridized carbons (Fsp3) is 0.429. The number of ether oxygens (including phenoxy) is 2. The summed E-state index contributed by atoms with van der Waals surface area (Å²) in [5, 5.41) is 10.8. The first-order valence-electron chi connectivity index (χ1n) is 6.81. The third-order valence-corrected chi connectivity index (χ3v) is 2.76. The third-order valence-electron chi connectivity index (χ3n) is 2.57. The number of nitrogens with zero attached hydrogens (tertiary/aromatic N) is 2. The minimum absolute atomic E-state index is 0.321. The number of anilines is 2. The molecule has 0 fully saturated rings. The Morgan fingerprint density at radius 1 is 1.14 bits per heavy atom. The molecule has 0 spiro atoms. The average molecular weight is 312 g/mol. The SMILES string of the molecule is CCOc1ccc(Nc2nnc(CCCl)o2)cc1OCC. The van der Waals surface area contributed by atoms with Crippen molar-refractivity contribution in [1.29, 1.82) is 0 Å². The predicted molar refractivity (Wildman–Crippen MR) is 80.8 cm³/mol. The topological polar surface area (TPSA) is 69.4 Å². The van der Waals surface area contributed by atoms with E-state index in [1.165, 1.54) is 0 Å². The van der Waals surface area contributed by atoms with E-state index in [4.69, 9.17) is 25.5 Å². The van der Waals surface area contributed by atoms with Crippen LogP contribution in [0.2, 0.25) is 0 Å². The van der Waals surface area contributed by atoms with Gasteiger partial charge in [0.2, 0.25) is 5.89 Å². The van der Waals surface area contributed by atoms with E-state index >= 15 is 0 Å². The van der Waals surface area contributed by atoms with Gasteiger partial charge in [-0.15, -0.1) is 16.7 Å². The number of aromatic nitrogens is 2. The van der Waals surface area contributed by atoms with Crippen LogP contribution in [0.4, 0.5) is 11.7 Å². The first-order valence-corrected chi connectivity index (χ1v) is 7.35. The molecule has 21 heavy (non-hydrogen) atoms. The molecule has 0 aliphatic heterocycles. The molecule has 0 amide bonds. The largest absolute Gasteiger partial charge is 0.490 e. The highest BCUT2D eigenvalue weighted by molar-refractivity contribution is 6.17. The van der Waals surface area contributed by atoms with Crippen LogP contribution >= 0.6 is 11.6 Å². The van der Waals surface area contributed by atoms with Gasteiger partial charge in [0.25, 0.3) is 0 Å². The Morgan fingerprint density at radius 2 is 1.90 bits per heavy atom. The fourth-order valence-corrected chi connectivity index (χ4v) is 1.90. The van der Waals surface area contributed by atoms with Crippen molar-refractivity contribution in [3.05, 3.63) is 24.1 Å². The van der Waals surface area contributed by atoms with Gasteiger partial charge in [-0.3, -0.25) is 0 Å². The summed E-state index contributed by atoms with van der Waals surface area (Å²) in [5.74, 6) is 2.32. The average Bonchev–Trinajstić information content (AvgIpc) is 2.90. The molecular formula is C14H18ClN3O3. The van der Waals surface area contributed by atoms with Crippen molar-refractivity contribution in [2.45, 2.75) is 20.3 Å². The summed E-state index contributed by atoms with van der Waals surface area (Å²) in [7, 11) is 0. The first-order chi connectivity index (χ1) is 10.3. The summed E-state index contributed by atoms with van der Waals surface area (Å²) in [6.45, 7) is 4.99. The minimum Gasteiger partial charge on any atom is -0.490 e. The highest BCUT2D eigenvalue weighted by Gasteiger charge is 2.09. The van der Waals surface area contributed by atoms with E-state index in [2.05, 4.69) is 15.5 Å². The molecule has 114 valence electrons. The minimum atomic E-state index is 0.321. The van der Waals surface area contributed by atoms with Crippen LogP contribution in [0.5, 0.6) is 11.5 Å². The standard InChI is InChI=1S/C14H18ClN3O3/c1-3-19-11-6-5-10(9-12(11)20-4-2)16-14-18-17-13(21-14)7-8-15/h5-6,9H,3-4,7-8H2,1-2H3,(H,16,18). The fourth-order valence-electron chi connectivity index (χ4n) is 1.74. The van der Waals surface area contributed by atoms with Crippen molar-refractivity contribution in [2.24, 2.45) is 0 Å². The summed E-state index contributed by atoms with van der Waals surface area (Å²) in [6, 6.07) is 5.85. The summed E-state index contributed by atoms with van der Waals surface area (Å²) < 4.78 is 16.5. The Morgan fingerprint density at radius 3 is 2.62 bits per heavy atom. The smallest absolute Gasteiger partial charge is 0.320 e. The quantitative estimate of drug-likeness (QED) is 0.754. The molecule has 1 heterocycles. The lowest BCUT2D eigenvalue weighted by atomic mass is 10.2. The zero-order chi connectivity index (χ0) is 15.1. The van der Waals surface area contributed by atoms with Gasteiger partial charge in [0.1, 0.15) is 0 Å². The Labute approximate surface area is 128 Å². The lowest BCUT2D eigenvalue weighted by Crippen LogP contribution is -1.99. The number of halogens is 1. The van der Waals surface area contributed by atoms with Crippen molar-refractivity contribution in [2.75, 3.05) is 24.4 Å². The van der Waals surface area contributed by atoms with Gasteiger partial charge in [0.15, 0.2) is 11.5 Å². The molecule has 0 saturated carbocycles. The maximum Gasteiger partial charge on any atom is 0.320 e. The van der Waals surface area contributed by atoms with Crippen LogP contribution < -0.4 is 14.8 Å². The van der Waals surface area contributed by atoms with Crippen LogP contribution in [0.1, 0.15) is 19.7 Å². The number of hydrogen-bond acceptors (Lipinski definition) is 6. The van der Waals surface area contributed by atoms with Crippen molar-refractivity contribution < 1.29 is 13.9 Å². The van der Waals surface area contributed by atoms with E-state index in [0.717, 1.165) is 5.69 Å². The first kappa shape index (κ1) is 15.4. The second-order valence-corrected chi connectivity index (χ2v) is 4.47. The summed E-state index contributed by atoms with van der Waals surface area (Å²) in [4.78, 5) is 0. The monoisotopic (exact) mass is 311 g/mol. The van der Waals surface area contributed by atoms with Crippen molar-refractivity contribution in [3.8, 4) is 11.5 Å². The second kappa shape index (κ2) is 7.73. The van der Waals surface area contributed by atoms with Crippen molar-refractivity contribution >= 4 is 23.3 Å². The Balaban J connectivity index is 2.13. The molecule has 0 unspecified atom stereocenters. The molecule has 0 aliphatic carbocycles. The molecule has 1 N–H and O–H groups in total. The van der Waals surface area contributed by atoms with E-state index < -0.39 is 0 Å². The molecular weight excluding hydrogens is 294 g/mol. The Bertz CT molecular complexity index is 574. The second-order valence-electron chi connectivity index (χ2n) is 4.09. The zero-order valence-electron chi connectivity index (χ0n) is 12.1. The van der Waals surface area contributed by atoms with Gasteiger partial charge >= 0.3 is 6.01 Å². The summed E-state index contributed by atoms with van der Waals surface area (Å²) in [5.41, 5.74) is 0.781. The van der Waals surface area contributed by atoms with Gasteiger partial charge in [0.05, 0.1) is 13.2 Å². The van der Waals surface area contributed by atoms with Crippen LogP contribution in [0.15, 0.2) is 22.6 Å². The molecule has 7 heteroatoms. The van der Waals surface area contributed by atoms with E-state index in [-0.39, 0.29) is 0 Å². The van der Waals surface area contributed by atoms with Crippen LogP contribution in [0.3, 0.4) is 0 Å². The molecule has 6 nitrogen and oxygen atoms in total. The lowest BCUT2D eigenvalue weighted by Gasteiger charge is -2.12. The maximum absolute atomic E-state index is 5.63.